The minimum Gasteiger partial charge on any atom is -0.373 e. The molecule has 2 N–H and O–H groups in total. The summed E-state index contributed by atoms with van der Waals surface area (Å²) in [6.07, 6.45) is 4.14. The van der Waals surface area contributed by atoms with Crippen LogP contribution in [0.25, 0.3) is 0 Å². The number of hydrogen-bond donors (Lipinski definition) is 1. The van der Waals surface area contributed by atoms with Crippen LogP contribution in [0.2, 0.25) is 0 Å². The third-order valence-corrected chi connectivity index (χ3v) is 1.32. The van der Waals surface area contributed by atoms with E-state index < -0.39 is 0 Å². The topological polar surface area (TPSA) is 35.2 Å². The first-order chi connectivity index (χ1) is 4.85. The lowest BCUT2D eigenvalue weighted by Crippen LogP contribution is -2.23. The van der Waals surface area contributed by atoms with Gasteiger partial charge in [-0.15, -0.1) is 6.58 Å². The predicted octanol–water partition coefficient (Wildman–Crippen LogP) is 1.32. The summed E-state index contributed by atoms with van der Waals surface area (Å²) in [5, 5.41) is 0. The standard InChI is InChI=1S/C8H17NO/c1-3-5-8(7-9)10-6-4-2/h4,8H,2-3,5-7,9H2,1H3. The highest BCUT2D eigenvalue weighted by atomic mass is 16.5. The molecule has 0 aliphatic carbocycles. The van der Waals surface area contributed by atoms with Gasteiger partial charge in [0.1, 0.15) is 0 Å². The van der Waals surface area contributed by atoms with Crippen molar-refractivity contribution >= 4 is 0 Å². The van der Waals surface area contributed by atoms with E-state index in [9.17, 15) is 0 Å². The van der Waals surface area contributed by atoms with Gasteiger partial charge in [-0.2, -0.15) is 0 Å². The van der Waals surface area contributed by atoms with E-state index in [0.29, 0.717) is 13.2 Å². The lowest BCUT2D eigenvalue weighted by molar-refractivity contribution is 0.0738. The molecular formula is C8H17NO. The summed E-state index contributed by atoms with van der Waals surface area (Å²) >= 11 is 0. The van der Waals surface area contributed by atoms with E-state index in [2.05, 4.69) is 13.5 Å². The van der Waals surface area contributed by atoms with E-state index in [1.165, 1.54) is 0 Å². The lowest BCUT2D eigenvalue weighted by Gasteiger charge is -2.12. The molecule has 60 valence electrons. The molecule has 0 amide bonds. The van der Waals surface area contributed by atoms with Crippen LogP contribution in [0.3, 0.4) is 0 Å². The Morgan fingerprint density at radius 1 is 1.70 bits per heavy atom. The van der Waals surface area contributed by atoms with Crippen LogP contribution in [0.1, 0.15) is 19.8 Å². The molecule has 0 aromatic heterocycles. The second kappa shape index (κ2) is 6.78. The zero-order chi connectivity index (χ0) is 7.82. The first-order valence-electron chi connectivity index (χ1n) is 3.77. The van der Waals surface area contributed by atoms with Gasteiger partial charge in [-0.25, -0.2) is 0 Å². The first kappa shape index (κ1) is 9.66. The maximum absolute atomic E-state index is 5.44. The molecule has 0 aliphatic rings. The molecule has 0 rings (SSSR count). The van der Waals surface area contributed by atoms with Gasteiger partial charge < -0.3 is 10.5 Å². The Morgan fingerprint density at radius 3 is 2.80 bits per heavy atom. The summed E-state index contributed by atoms with van der Waals surface area (Å²) in [4.78, 5) is 0. The Hall–Kier alpha value is -0.340. The highest BCUT2D eigenvalue weighted by Crippen LogP contribution is 1.99. The number of hydrogen-bond acceptors (Lipinski definition) is 2. The molecule has 0 saturated heterocycles. The first-order valence-corrected chi connectivity index (χ1v) is 3.77. The number of nitrogens with two attached hydrogens (primary N) is 1. The van der Waals surface area contributed by atoms with Gasteiger partial charge in [0.2, 0.25) is 0 Å². The molecule has 0 aromatic rings. The van der Waals surface area contributed by atoms with Crippen molar-refractivity contribution in [2.45, 2.75) is 25.9 Å². The fourth-order valence-electron chi connectivity index (χ4n) is 0.795. The van der Waals surface area contributed by atoms with Crippen LogP contribution in [-0.4, -0.2) is 19.3 Å². The van der Waals surface area contributed by atoms with Crippen molar-refractivity contribution in [3.05, 3.63) is 12.7 Å². The molecular weight excluding hydrogens is 126 g/mol. The molecule has 0 bridgehead atoms. The number of ether oxygens (including phenoxy) is 1. The SMILES string of the molecule is C=CCOC(CN)CCC. The maximum atomic E-state index is 5.44. The Bertz CT molecular complexity index is 83.3. The van der Waals surface area contributed by atoms with E-state index in [4.69, 9.17) is 10.5 Å². The quantitative estimate of drug-likeness (QED) is 0.569. The highest BCUT2D eigenvalue weighted by molar-refractivity contribution is 4.67. The van der Waals surface area contributed by atoms with Crippen molar-refractivity contribution < 1.29 is 4.74 Å². The van der Waals surface area contributed by atoms with Crippen LogP contribution in [0.4, 0.5) is 0 Å². The van der Waals surface area contributed by atoms with Gasteiger partial charge in [-0.1, -0.05) is 19.4 Å². The van der Waals surface area contributed by atoms with Crippen molar-refractivity contribution in [3.8, 4) is 0 Å². The molecule has 2 nitrogen and oxygen atoms in total. The van der Waals surface area contributed by atoms with Gasteiger partial charge in [-0.3, -0.25) is 0 Å². The van der Waals surface area contributed by atoms with Gasteiger partial charge in [0.05, 0.1) is 12.7 Å². The van der Waals surface area contributed by atoms with Crippen LogP contribution >= 0.6 is 0 Å². The highest BCUT2D eigenvalue weighted by Gasteiger charge is 2.02. The molecule has 0 fully saturated rings. The van der Waals surface area contributed by atoms with Crippen molar-refractivity contribution in [2.75, 3.05) is 13.2 Å². The minimum atomic E-state index is 0.225. The van der Waals surface area contributed by atoms with Crippen molar-refractivity contribution in [3.63, 3.8) is 0 Å². The average molecular weight is 143 g/mol. The summed E-state index contributed by atoms with van der Waals surface area (Å²) in [5.41, 5.74) is 5.44. The summed E-state index contributed by atoms with van der Waals surface area (Å²) in [6, 6.07) is 0. The minimum absolute atomic E-state index is 0.225. The van der Waals surface area contributed by atoms with E-state index in [1.54, 1.807) is 6.08 Å². The van der Waals surface area contributed by atoms with Crippen LogP contribution < -0.4 is 5.73 Å². The Morgan fingerprint density at radius 2 is 2.40 bits per heavy atom. The van der Waals surface area contributed by atoms with Gasteiger partial charge >= 0.3 is 0 Å². The molecule has 0 spiro atoms. The van der Waals surface area contributed by atoms with Gasteiger partial charge in [-0.05, 0) is 6.42 Å². The summed E-state index contributed by atoms with van der Waals surface area (Å²) in [6.45, 7) is 6.91. The van der Waals surface area contributed by atoms with E-state index in [-0.39, 0.29) is 6.10 Å². The molecule has 0 aromatic carbocycles. The second-order valence-corrected chi connectivity index (χ2v) is 2.27. The molecule has 0 radical (unpaired) electrons. The van der Waals surface area contributed by atoms with Crippen molar-refractivity contribution in [1.29, 1.82) is 0 Å². The molecule has 0 aliphatic heterocycles. The van der Waals surface area contributed by atoms with E-state index in [1.807, 2.05) is 0 Å². The zero-order valence-electron chi connectivity index (χ0n) is 6.68. The van der Waals surface area contributed by atoms with E-state index >= 15 is 0 Å². The smallest absolute Gasteiger partial charge is 0.0701 e. The average Bonchev–Trinajstić information content (AvgIpc) is 1.98. The molecule has 10 heavy (non-hydrogen) atoms. The van der Waals surface area contributed by atoms with Crippen LogP contribution in [0.15, 0.2) is 12.7 Å². The van der Waals surface area contributed by atoms with Crippen LogP contribution in [-0.2, 0) is 4.74 Å². The largest absolute Gasteiger partial charge is 0.373 e. The zero-order valence-corrected chi connectivity index (χ0v) is 6.68. The number of rotatable bonds is 6. The van der Waals surface area contributed by atoms with E-state index in [0.717, 1.165) is 12.8 Å². The Kier molecular flexibility index (Phi) is 6.55. The second-order valence-electron chi connectivity index (χ2n) is 2.27. The normalized spacial score (nSPS) is 13.0. The Labute approximate surface area is 63.1 Å². The lowest BCUT2D eigenvalue weighted by atomic mass is 10.2. The molecule has 2 heteroatoms. The third kappa shape index (κ3) is 4.53. The molecule has 1 unspecified atom stereocenters. The molecule has 1 atom stereocenters. The van der Waals surface area contributed by atoms with Gasteiger partial charge in [0.15, 0.2) is 0 Å². The maximum Gasteiger partial charge on any atom is 0.0701 e. The summed E-state index contributed by atoms with van der Waals surface area (Å²) < 4.78 is 5.34. The molecule has 0 saturated carbocycles. The van der Waals surface area contributed by atoms with Gasteiger partial charge in [0, 0.05) is 6.54 Å². The third-order valence-electron chi connectivity index (χ3n) is 1.32. The van der Waals surface area contributed by atoms with Crippen LogP contribution in [0.5, 0.6) is 0 Å². The van der Waals surface area contributed by atoms with Crippen molar-refractivity contribution in [2.24, 2.45) is 5.73 Å². The summed E-state index contributed by atoms with van der Waals surface area (Å²) in [5.74, 6) is 0. The monoisotopic (exact) mass is 143 g/mol. The van der Waals surface area contributed by atoms with Gasteiger partial charge in [0.25, 0.3) is 0 Å². The van der Waals surface area contributed by atoms with Crippen LogP contribution in [0, 0.1) is 0 Å². The fourth-order valence-corrected chi connectivity index (χ4v) is 0.795. The fraction of sp³-hybridized carbons (Fsp3) is 0.750. The Balaban J connectivity index is 3.29. The molecule has 0 heterocycles. The van der Waals surface area contributed by atoms with Crippen molar-refractivity contribution in [1.82, 2.24) is 0 Å². The predicted molar refractivity (Wildman–Crippen MR) is 43.9 cm³/mol. The summed E-state index contributed by atoms with van der Waals surface area (Å²) in [7, 11) is 0.